The number of nitrogens with one attached hydrogen (secondary N) is 2. The van der Waals surface area contributed by atoms with Crippen molar-refractivity contribution in [3.05, 3.63) is 95.6 Å². The maximum absolute atomic E-state index is 13.0. The van der Waals surface area contributed by atoms with Crippen LogP contribution in [0.2, 0.25) is 0 Å². The molecule has 0 aliphatic heterocycles. The average molecular weight is 459 g/mol. The highest BCUT2D eigenvalue weighted by Gasteiger charge is 2.27. The number of hydrogen-bond acceptors (Lipinski definition) is 5. The summed E-state index contributed by atoms with van der Waals surface area (Å²) < 4.78 is 5.69. The lowest BCUT2D eigenvalue weighted by Crippen LogP contribution is -2.28. The Hall–Kier alpha value is -4.13. The van der Waals surface area contributed by atoms with Gasteiger partial charge < -0.3 is 21.2 Å². The van der Waals surface area contributed by atoms with Gasteiger partial charge in [0.2, 0.25) is 0 Å². The third-order valence-corrected chi connectivity index (χ3v) is 4.98. The van der Waals surface area contributed by atoms with Gasteiger partial charge in [0.15, 0.2) is 0 Å². The SMILES string of the molecule is CC(C)(C)OC(=O)C(Cc1ccccc1)c1ccc(NC(=O)c2cccc(NC=NN)c2)cc1. The van der Waals surface area contributed by atoms with Crippen LogP contribution >= 0.6 is 0 Å². The minimum atomic E-state index is -0.584. The van der Waals surface area contributed by atoms with Gasteiger partial charge in [-0.25, -0.2) is 0 Å². The molecule has 0 saturated heterocycles. The van der Waals surface area contributed by atoms with E-state index < -0.39 is 11.5 Å². The van der Waals surface area contributed by atoms with Crippen LogP contribution < -0.4 is 16.5 Å². The van der Waals surface area contributed by atoms with Crippen LogP contribution in [0.3, 0.4) is 0 Å². The summed E-state index contributed by atoms with van der Waals surface area (Å²) in [5.74, 6) is 4.11. The van der Waals surface area contributed by atoms with Crippen molar-refractivity contribution in [1.29, 1.82) is 0 Å². The smallest absolute Gasteiger partial charge is 0.314 e. The van der Waals surface area contributed by atoms with Gasteiger partial charge in [-0.1, -0.05) is 48.5 Å². The highest BCUT2D eigenvalue weighted by Crippen LogP contribution is 2.26. The van der Waals surface area contributed by atoms with E-state index in [9.17, 15) is 9.59 Å². The number of nitrogens with zero attached hydrogens (tertiary/aromatic N) is 1. The fraction of sp³-hybridized carbons (Fsp3) is 0.222. The second-order valence-corrected chi connectivity index (χ2v) is 8.86. The summed E-state index contributed by atoms with van der Waals surface area (Å²) in [7, 11) is 0. The second kappa shape index (κ2) is 11.1. The second-order valence-electron chi connectivity index (χ2n) is 8.86. The summed E-state index contributed by atoms with van der Waals surface area (Å²) in [6.45, 7) is 5.57. The average Bonchev–Trinajstić information content (AvgIpc) is 2.81. The van der Waals surface area contributed by atoms with Gasteiger partial charge in [0, 0.05) is 16.9 Å². The normalized spacial score (nSPS) is 12.2. The van der Waals surface area contributed by atoms with Gasteiger partial charge >= 0.3 is 5.97 Å². The Morgan fingerprint density at radius 1 is 0.971 bits per heavy atom. The molecule has 0 bridgehead atoms. The molecule has 3 aromatic carbocycles. The molecular weight excluding hydrogens is 428 g/mol. The van der Waals surface area contributed by atoms with Crippen LogP contribution in [0.25, 0.3) is 0 Å². The molecule has 4 N–H and O–H groups in total. The van der Waals surface area contributed by atoms with E-state index in [4.69, 9.17) is 10.6 Å². The number of hydrazone groups is 1. The molecule has 0 spiro atoms. The van der Waals surface area contributed by atoms with Crippen LogP contribution in [-0.2, 0) is 16.0 Å². The van der Waals surface area contributed by atoms with Gasteiger partial charge in [0.05, 0.1) is 5.92 Å². The topological polar surface area (TPSA) is 106 Å². The Bertz CT molecular complexity index is 1140. The quantitative estimate of drug-likeness (QED) is 0.146. The lowest BCUT2D eigenvalue weighted by Gasteiger charge is -2.24. The third kappa shape index (κ3) is 7.20. The van der Waals surface area contributed by atoms with Gasteiger partial charge in [-0.3, -0.25) is 9.59 Å². The molecule has 1 amide bonds. The predicted octanol–water partition coefficient (Wildman–Crippen LogP) is 4.92. The Kier molecular flexibility index (Phi) is 8.03. The number of rotatable bonds is 8. The number of anilines is 2. The first-order valence-corrected chi connectivity index (χ1v) is 11.0. The van der Waals surface area contributed by atoms with Gasteiger partial charge in [0.1, 0.15) is 11.9 Å². The van der Waals surface area contributed by atoms with Crippen molar-refractivity contribution in [3.8, 4) is 0 Å². The predicted molar refractivity (Wildman–Crippen MR) is 136 cm³/mol. The molecule has 0 saturated carbocycles. The molecule has 1 atom stereocenters. The van der Waals surface area contributed by atoms with Crippen LogP contribution in [0.4, 0.5) is 11.4 Å². The summed E-state index contributed by atoms with van der Waals surface area (Å²) in [5, 5.41) is 9.15. The Balaban J connectivity index is 1.76. The molecule has 0 fully saturated rings. The monoisotopic (exact) mass is 458 g/mol. The van der Waals surface area contributed by atoms with Crippen molar-refractivity contribution in [3.63, 3.8) is 0 Å². The molecule has 0 aliphatic carbocycles. The molecule has 3 rings (SSSR count). The summed E-state index contributed by atoms with van der Waals surface area (Å²) in [5.41, 5.74) is 3.08. The Labute approximate surface area is 200 Å². The van der Waals surface area contributed by atoms with Crippen LogP contribution in [0.15, 0.2) is 84.0 Å². The third-order valence-electron chi connectivity index (χ3n) is 4.98. The van der Waals surface area contributed by atoms with E-state index >= 15 is 0 Å². The summed E-state index contributed by atoms with van der Waals surface area (Å²) in [6.07, 6.45) is 1.86. The molecule has 7 heteroatoms. The van der Waals surface area contributed by atoms with E-state index in [1.54, 1.807) is 36.4 Å². The van der Waals surface area contributed by atoms with Crippen molar-refractivity contribution in [1.82, 2.24) is 0 Å². The highest BCUT2D eigenvalue weighted by atomic mass is 16.6. The first kappa shape index (κ1) is 24.5. The molecule has 0 heterocycles. The zero-order valence-corrected chi connectivity index (χ0v) is 19.6. The van der Waals surface area contributed by atoms with Gasteiger partial charge in [-0.05, 0) is 68.7 Å². The van der Waals surface area contributed by atoms with Crippen molar-refractivity contribution in [2.75, 3.05) is 10.6 Å². The molecule has 1 unspecified atom stereocenters. The standard InChI is InChI=1S/C27H30N4O3/c1-27(2,3)34-26(33)24(16-19-8-5-4-6-9-19)20-12-14-22(15-13-20)31-25(32)21-10-7-11-23(17-21)29-18-30-28/h4-15,17-18,24H,16,28H2,1-3H3,(H,29,30)(H,31,32). The molecule has 0 aliphatic rings. The zero-order valence-electron chi connectivity index (χ0n) is 19.6. The molecule has 176 valence electrons. The van der Waals surface area contributed by atoms with Crippen molar-refractivity contribution >= 4 is 29.6 Å². The maximum Gasteiger partial charge on any atom is 0.314 e. The fourth-order valence-corrected chi connectivity index (χ4v) is 3.42. The number of ether oxygens (including phenoxy) is 1. The molecular formula is C27H30N4O3. The first-order chi connectivity index (χ1) is 16.2. The van der Waals surface area contributed by atoms with E-state index in [0.717, 1.165) is 11.1 Å². The van der Waals surface area contributed by atoms with E-state index in [1.807, 2.05) is 63.2 Å². The molecule has 0 radical (unpaired) electrons. The molecule has 7 nitrogen and oxygen atoms in total. The van der Waals surface area contributed by atoms with Crippen molar-refractivity contribution < 1.29 is 14.3 Å². The van der Waals surface area contributed by atoms with E-state index in [0.29, 0.717) is 23.4 Å². The molecule has 0 aromatic heterocycles. The highest BCUT2D eigenvalue weighted by molar-refractivity contribution is 6.05. The van der Waals surface area contributed by atoms with E-state index in [2.05, 4.69) is 15.7 Å². The Morgan fingerprint density at radius 2 is 1.68 bits per heavy atom. The minimum Gasteiger partial charge on any atom is -0.459 e. The minimum absolute atomic E-state index is 0.255. The van der Waals surface area contributed by atoms with E-state index in [-0.39, 0.29) is 11.9 Å². The van der Waals surface area contributed by atoms with E-state index in [1.165, 1.54) is 6.34 Å². The number of amides is 1. The number of esters is 1. The first-order valence-electron chi connectivity index (χ1n) is 11.0. The maximum atomic E-state index is 13.0. The van der Waals surface area contributed by atoms with Crippen LogP contribution in [0.5, 0.6) is 0 Å². The van der Waals surface area contributed by atoms with Crippen LogP contribution in [-0.4, -0.2) is 23.8 Å². The summed E-state index contributed by atoms with van der Waals surface area (Å²) in [6, 6.07) is 24.1. The van der Waals surface area contributed by atoms with Crippen molar-refractivity contribution in [2.24, 2.45) is 10.9 Å². The van der Waals surface area contributed by atoms with Crippen LogP contribution in [0, 0.1) is 0 Å². The molecule has 34 heavy (non-hydrogen) atoms. The van der Waals surface area contributed by atoms with Crippen LogP contribution in [0.1, 0.15) is 48.2 Å². The fourth-order valence-electron chi connectivity index (χ4n) is 3.42. The number of carbonyl (C=O) groups excluding carboxylic acids is 2. The Morgan fingerprint density at radius 3 is 2.32 bits per heavy atom. The van der Waals surface area contributed by atoms with Gasteiger partial charge in [-0.2, -0.15) is 5.10 Å². The van der Waals surface area contributed by atoms with Gasteiger partial charge in [-0.15, -0.1) is 0 Å². The number of nitrogens with two attached hydrogens (primary N) is 1. The lowest BCUT2D eigenvalue weighted by atomic mass is 9.91. The van der Waals surface area contributed by atoms with Gasteiger partial charge in [0.25, 0.3) is 5.91 Å². The molecule has 3 aromatic rings. The number of hydrogen-bond donors (Lipinski definition) is 3. The summed E-state index contributed by atoms with van der Waals surface area (Å²) >= 11 is 0. The number of benzene rings is 3. The van der Waals surface area contributed by atoms with Crippen molar-refractivity contribution in [2.45, 2.75) is 38.7 Å². The lowest BCUT2D eigenvalue weighted by molar-refractivity contribution is -0.156. The number of carbonyl (C=O) groups is 2. The summed E-state index contributed by atoms with van der Waals surface area (Å²) in [4.78, 5) is 25.7. The largest absolute Gasteiger partial charge is 0.459 e. The zero-order chi connectivity index (χ0) is 24.6.